The van der Waals surface area contributed by atoms with Crippen molar-refractivity contribution in [1.82, 2.24) is 0 Å². The van der Waals surface area contributed by atoms with E-state index in [2.05, 4.69) is 0 Å². The molecule has 1 aromatic carbocycles. The summed E-state index contributed by atoms with van der Waals surface area (Å²) in [7, 11) is 0. The second kappa shape index (κ2) is 4.81. The Labute approximate surface area is 99.0 Å². The average Bonchev–Trinajstić information content (AvgIpc) is 2.30. The first kappa shape index (κ1) is 10.7. The van der Waals surface area contributed by atoms with E-state index in [9.17, 15) is 5.21 Å². The van der Waals surface area contributed by atoms with Gasteiger partial charge in [0.15, 0.2) is 6.20 Å². The lowest BCUT2D eigenvalue weighted by Crippen LogP contribution is -2.28. The van der Waals surface area contributed by atoms with Gasteiger partial charge in [-0.2, -0.15) is 4.73 Å². The highest BCUT2D eigenvalue weighted by Gasteiger charge is 1.96. The van der Waals surface area contributed by atoms with Crippen LogP contribution in [0.25, 0.3) is 12.2 Å². The highest BCUT2D eigenvalue weighted by atomic mass is 35.5. The third-order valence-electron chi connectivity index (χ3n) is 2.17. The summed E-state index contributed by atoms with van der Waals surface area (Å²) in [6.45, 7) is 0. The zero-order valence-corrected chi connectivity index (χ0v) is 9.26. The van der Waals surface area contributed by atoms with E-state index < -0.39 is 0 Å². The van der Waals surface area contributed by atoms with E-state index in [1.165, 1.54) is 6.20 Å². The summed E-state index contributed by atoms with van der Waals surface area (Å²) in [4.78, 5) is 0. The van der Waals surface area contributed by atoms with E-state index in [0.717, 1.165) is 10.3 Å². The number of hydrogen-bond acceptors (Lipinski definition) is 1. The maximum Gasteiger partial charge on any atom is 0.216 e. The normalized spacial score (nSPS) is 10.8. The van der Waals surface area contributed by atoms with E-state index in [1.54, 1.807) is 18.2 Å². The lowest BCUT2D eigenvalue weighted by Gasteiger charge is -1.98. The molecule has 0 N–H and O–H groups in total. The maximum atomic E-state index is 11.3. The fourth-order valence-electron chi connectivity index (χ4n) is 1.33. The largest absolute Gasteiger partial charge is 0.618 e. The molecule has 2 rings (SSSR count). The number of aromatic nitrogens is 1. The van der Waals surface area contributed by atoms with Crippen molar-refractivity contribution in [3.8, 4) is 0 Å². The molecule has 0 saturated heterocycles. The molecule has 2 aromatic rings. The third kappa shape index (κ3) is 2.61. The number of halogens is 1. The summed E-state index contributed by atoms with van der Waals surface area (Å²) in [5, 5.41) is 12.0. The standard InChI is InChI=1S/C13H10ClNO/c14-12-7-4-11(5-8-12)6-9-13-3-1-2-10-15(13)16/h1-10H/b9-6+. The summed E-state index contributed by atoms with van der Waals surface area (Å²) in [6, 6.07) is 12.7. The molecule has 80 valence electrons. The monoisotopic (exact) mass is 231 g/mol. The van der Waals surface area contributed by atoms with Gasteiger partial charge in [-0.15, -0.1) is 0 Å². The van der Waals surface area contributed by atoms with Gasteiger partial charge in [0.05, 0.1) is 0 Å². The SMILES string of the molecule is [O-][n+]1ccccc1/C=C/c1ccc(Cl)cc1. The van der Waals surface area contributed by atoms with E-state index >= 15 is 0 Å². The van der Waals surface area contributed by atoms with Crippen molar-refractivity contribution in [2.45, 2.75) is 0 Å². The van der Waals surface area contributed by atoms with Gasteiger partial charge in [-0.3, -0.25) is 0 Å². The molecule has 0 radical (unpaired) electrons. The van der Waals surface area contributed by atoms with Crippen LogP contribution < -0.4 is 4.73 Å². The molecule has 1 aromatic heterocycles. The second-order valence-corrected chi connectivity index (χ2v) is 3.77. The minimum atomic E-state index is 0.609. The van der Waals surface area contributed by atoms with Gasteiger partial charge in [-0.05, 0) is 29.8 Å². The fourth-order valence-corrected chi connectivity index (χ4v) is 1.45. The Morgan fingerprint density at radius 2 is 1.75 bits per heavy atom. The predicted molar refractivity (Wildman–Crippen MR) is 65.8 cm³/mol. The first-order chi connectivity index (χ1) is 7.75. The average molecular weight is 232 g/mol. The van der Waals surface area contributed by atoms with Crippen LogP contribution in [0, 0.1) is 5.21 Å². The van der Waals surface area contributed by atoms with Gasteiger partial charge < -0.3 is 5.21 Å². The predicted octanol–water partition coefficient (Wildman–Crippen LogP) is 3.14. The van der Waals surface area contributed by atoms with Gasteiger partial charge in [0.1, 0.15) is 0 Å². The quantitative estimate of drug-likeness (QED) is 0.576. The lowest BCUT2D eigenvalue weighted by molar-refractivity contribution is -0.607. The Morgan fingerprint density at radius 1 is 1.00 bits per heavy atom. The molecule has 0 saturated carbocycles. The Bertz CT molecular complexity index is 506. The highest BCUT2D eigenvalue weighted by Crippen LogP contribution is 2.11. The fraction of sp³-hybridized carbons (Fsp3) is 0. The van der Waals surface area contributed by atoms with Gasteiger partial charge in [-0.25, -0.2) is 0 Å². The molecule has 1 heterocycles. The topological polar surface area (TPSA) is 26.9 Å². The lowest BCUT2D eigenvalue weighted by atomic mass is 10.2. The Hall–Kier alpha value is -1.80. The summed E-state index contributed by atoms with van der Waals surface area (Å²) in [6.07, 6.45) is 5.12. The van der Waals surface area contributed by atoms with Crippen LogP contribution in [-0.4, -0.2) is 0 Å². The molecule has 0 atom stereocenters. The zero-order chi connectivity index (χ0) is 11.4. The van der Waals surface area contributed by atoms with Gasteiger partial charge in [0, 0.05) is 23.2 Å². The Balaban J connectivity index is 2.21. The van der Waals surface area contributed by atoms with E-state index in [4.69, 9.17) is 11.6 Å². The van der Waals surface area contributed by atoms with Gasteiger partial charge in [0.25, 0.3) is 0 Å². The molecular formula is C13H10ClNO. The summed E-state index contributed by atoms with van der Waals surface area (Å²) in [5.74, 6) is 0. The van der Waals surface area contributed by atoms with Crippen LogP contribution >= 0.6 is 11.6 Å². The molecule has 0 aliphatic carbocycles. The molecule has 3 heteroatoms. The van der Waals surface area contributed by atoms with Gasteiger partial charge >= 0.3 is 0 Å². The highest BCUT2D eigenvalue weighted by molar-refractivity contribution is 6.30. The second-order valence-electron chi connectivity index (χ2n) is 3.34. The van der Waals surface area contributed by atoms with Crippen molar-refractivity contribution in [3.63, 3.8) is 0 Å². The van der Waals surface area contributed by atoms with Crippen molar-refractivity contribution in [2.75, 3.05) is 0 Å². The molecule has 0 fully saturated rings. The Kier molecular flexibility index (Phi) is 3.22. The molecule has 2 nitrogen and oxygen atoms in total. The first-order valence-electron chi connectivity index (χ1n) is 4.87. The molecule has 0 aliphatic rings. The third-order valence-corrected chi connectivity index (χ3v) is 2.42. The van der Waals surface area contributed by atoms with E-state index in [-0.39, 0.29) is 0 Å². The molecule has 0 aliphatic heterocycles. The maximum absolute atomic E-state index is 11.3. The molecule has 0 bridgehead atoms. The summed E-state index contributed by atoms with van der Waals surface area (Å²) >= 11 is 5.78. The molecule has 0 amide bonds. The van der Waals surface area contributed by atoms with Crippen molar-refractivity contribution >= 4 is 23.8 Å². The van der Waals surface area contributed by atoms with Crippen molar-refractivity contribution in [3.05, 3.63) is 70.1 Å². The van der Waals surface area contributed by atoms with Crippen LogP contribution in [0.4, 0.5) is 0 Å². The number of benzene rings is 1. The summed E-state index contributed by atoms with van der Waals surface area (Å²) < 4.78 is 0.826. The van der Waals surface area contributed by atoms with Crippen molar-refractivity contribution in [1.29, 1.82) is 0 Å². The van der Waals surface area contributed by atoms with Crippen LogP contribution in [-0.2, 0) is 0 Å². The Morgan fingerprint density at radius 3 is 2.44 bits per heavy atom. The number of hydrogen-bond donors (Lipinski definition) is 0. The van der Waals surface area contributed by atoms with Crippen LogP contribution in [0.3, 0.4) is 0 Å². The molecule has 16 heavy (non-hydrogen) atoms. The first-order valence-corrected chi connectivity index (χ1v) is 5.25. The van der Waals surface area contributed by atoms with Crippen LogP contribution in [0.1, 0.15) is 11.3 Å². The van der Waals surface area contributed by atoms with Gasteiger partial charge in [0.2, 0.25) is 5.69 Å². The number of rotatable bonds is 2. The zero-order valence-electron chi connectivity index (χ0n) is 8.51. The minimum Gasteiger partial charge on any atom is -0.618 e. The molecule has 0 unspecified atom stereocenters. The molecular weight excluding hydrogens is 222 g/mol. The van der Waals surface area contributed by atoms with Crippen molar-refractivity contribution in [2.24, 2.45) is 0 Å². The van der Waals surface area contributed by atoms with E-state index in [1.807, 2.05) is 36.4 Å². The summed E-state index contributed by atoms with van der Waals surface area (Å²) in [5.41, 5.74) is 1.62. The van der Waals surface area contributed by atoms with Crippen LogP contribution in [0.15, 0.2) is 48.7 Å². The molecule has 0 spiro atoms. The van der Waals surface area contributed by atoms with E-state index in [0.29, 0.717) is 10.7 Å². The van der Waals surface area contributed by atoms with Gasteiger partial charge in [-0.1, -0.05) is 23.7 Å². The van der Waals surface area contributed by atoms with Crippen LogP contribution in [0.2, 0.25) is 5.02 Å². The van der Waals surface area contributed by atoms with Crippen molar-refractivity contribution < 1.29 is 4.73 Å². The minimum absolute atomic E-state index is 0.609. The number of nitrogens with zero attached hydrogens (tertiary/aromatic N) is 1. The smallest absolute Gasteiger partial charge is 0.216 e. The number of pyridine rings is 1. The van der Waals surface area contributed by atoms with Crippen LogP contribution in [0.5, 0.6) is 0 Å².